The maximum atomic E-state index is 14.1. The molecule has 1 fully saturated rings. The number of ether oxygens (including phenoxy) is 2. The molecule has 0 unspecified atom stereocenters. The van der Waals surface area contributed by atoms with Crippen LogP contribution in [0.25, 0.3) is 0 Å². The smallest absolute Gasteiger partial charge is 0.330 e. The lowest BCUT2D eigenvalue weighted by atomic mass is 9.83. The Labute approximate surface area is 250 Å². The van der Waals surface area contributed by atoms with E-state index in [4.69, 9.17) is 9.47 Å². The zero-order valence-corrected chi connectivity index (χ0v) is 24.0. The fourth-order valence-corrected chi connectivity index (χ4v) is 5.84. The zero-order valence-electron chi connectivity index (χ0n) is 24.0. The average Bonchev–Trinajstić information content (AvgIpc) is 3.29. The fourth-order valence-electron chi connectivity index (χ4n) is 5.84. The quantitative estimate of drug-likeness (QED) is 0.283. The molecule has 3 aromatic rings. The summed E-state index contributed by atoms with van der Waals surface area (Å²) < 4.78 is 11.1. The molecule has 0 bridgehead atoms. The Morgan fingerprint density at radius 2 is 1.26 bits per heavy atom. The summed E-state index contributed by atoms with van der Waals surface area (Å²) in [5.74, 6) is -3.26. The SMILES string of the molecule is COC(=O)[C@@H](Cc1ccccc1)NC(=O)C1(OC(=O)[C@H](Cc2ccccc2)N2C(=O)c3ccccc3C2=O)CCCCC1. The zero-order chi connectivity index (χ0) is 30.4. The molecular weight excluding hydrogens is 548 g/mol. The van der Waals surface area contributed by atoms with Gasteiger partial charge in [-0.2, -0.15) is 0 Å². The molecule has 0 radical (unpaired) electrons. The van der Waals surface area contributed by atoms with Gasteiger partial charge in [-0.15, -0.1) is 0 Å². The van der Waals surface area contributed by atoms with Crippen molar-refractivity contribution in [3.63, 3.8) is 0 Å². The molecule has 3 amide bonds. The third-order valence-electron chi connectivity index (χ3n) is 8.13. The van der Waals surface area contributed by atoms with Crippen LogP contribution in [-0.2, 0) is 36.7 Å². The topological polar surface area (TPSA) is 119 Å². The second-order valence-corrected chi connectivity index (χ2v) is 10.9. The number of carbonyl (C=O) groups is 5. The molecule has 9 heteroatoms. The van der Waals surface area contributed by atoms with E-state index < -0.39 is 47.3 Å². The van der Waals surface area contributed by atoms with Crippen LogP contribution < -0.4 is 5.32 Å². The van der Waals surface area contributed by atoms with Gasteiger partial charge in [0.1, 0.15) is 12.1 Å². The predicted octanol–water partition coefficient (Wildman–Crippen LogP) is 4.04. The molecular formula is C34H34N2O7. The predicted molar refractivity (Wildman–Crippen MR) is 157 cm³/mol. The first-order chi connectivity index (χ1) is 20.8. The molecule has 5 rings (SSSR count). The minimum Gasteiger partial charge on any atom is -0.467 e. The first-order valence-corrected chi connectivity index (χ1v) is 14.5. The van der Waals surface area contributed by atoms with Crippen LogP contribution in [0.3, 0.4) is 0 Å². The van der Waals surface area contributed by atoms with Crippen LogP contribution in [0.2, 0.25) is 0 Å². The highest BCUT2D eigenvalue weighted by Gasteiger charge is 2.49. The number of fused-ring (bicyclic) bond motifs is 1. The number of methoxy groups -OCH3 is 1. The molecule has 0 saturated heterocycles. The molecule has 2 aliphatic rings. The van der Waals surface area contributed by atoms with Gasteiger partial charge in [0.05, 0.1) is 18.2 Å². The van der Waals surface area contributed by atoms with Crippen molar-refractivity contribution in [3.8, 4) is 0 Å². The molecule has 222 valence electrons. The third-order valence-corrected chi connectivity index (χ3v) is 8.13. The van der Waals surface area contributed by atoms with E-state index in [-0.39, 0.29) is 36.8 Å². The first kappa shape index (κ1) is 29.7. The van der Waals surface area contributed by atoms with Crippen molar-refractivity contribution in [1.82, 2.24) is 10.2 Å². The molecule has 1 aliphatic carbocycles. The normalized spacial score (nSPS) is 17.0. The van der Waals surface area contributed by atoms with Crippen molar-refractivity contribution in [2.24, 2.45) is 0 Å². The molecule has 1 heterocycles. The van der Waals surface area contributed by atoms with Crippen molar-refractivity contribution < 1.29 is 33.4 Å². The molecule has 43 heavy (non-hydrogen) atoms. The van der Waals surface area contributed by atoms with Gasteiger partial charge < -0.3 is 14.8 Å². The summed E-state index contributed by atoms with van der Waals surface area (Å²) in [5, 5.41) is 2.78. The van der Waals surface area contributed by atoms with E-state index in [0.717, 1.165) is 22.4 Å². The Morgan fingerprint density at radius 3 is 1.79 bits per heavy atom. The van der Waals surface area contributed by atoms with Gasteiger partial charge in [0, 0.05) is 12.8 Å². The summed E-state index contributed by atoms with van der Waals surface area (Å²) in [6, 6.07) is 22.3. The van der Waals surface area contributed by atoms with Gasteiger partial charge in [-0.3, -0.25) is 19.3 Å². The van der Waals surface area contributed by atoms with E-state index >= 15 is 0 Å². The molecule has 2 atom stereocenters. The molecule has 1 N–H and O–H groups in total. The number of nitrogens with one attached hydrogen (secondary N) is 1. The Hall–Kier alpha value is -4.79. The van der Waals surface area contributed by atoms with Crippen molar-refractivity contribution in [2.45, 2.75) is 62.6 Å². The van der Waals surface area contributed by atoms with Crippen LogP contribution in [0.1, 0.15) is 63.9 Å². The minimum atomic E-state index is -1.58. The first-order valence-electron chi connectivity index (χ1n) is 14.5. The number of hydrogen-bond donors (Lipinski definition) is 1. The second-order valence-electron chi connectivity index (χ2n) is 10.9. The summed E-state index contributed by atoms with van der Waals surface area (Å²) >= 11 is 0. The van der Waals surface area contributed by atoms with Gasteiger partial charge in [0.2, 0.25) is 0 Å². The number of esters is 2. The highest BCUT2D eigenvalue weighted by molar-refractivity contribution is 6.22. The Morgan fingerprint density at radius 1 is 0.744 bits per heavy atom. The van der Waals surface area contributed by atoms with E-state index in [1.807, 2.05) is 36.4 Å². The molecule has 9 nitrogen and oxygen atoms in total. The van der Waals surface area contributed by atoms with Crippen LogP contribution >= 0.6 is 0 Å². The third kappa shape index (κ3) is 6.35. The van der Waals surface area contributed by atoms with Crippen molar-refractivity contribution >= 4 is 29.7 Å². The lowest BCUT2D eigenvalue weighted by Gasteiger charge is -2.38. The monoisotopic (exact) mass is 582 g/mol. The molecule has 3 aromatic carbocycles. The highest BCUT2D eigenvalue weighted by atomic mass is 16.6. The number of imide groups is 1. The Kier molecular flexibility index (Phi) is 8.99. The van der Waals surface area contributed by atoms with Gasteiger partial charge in [-0.05, 0) is 48.9 Å². The lowest BCUT2D eigenvalue weighted by Crippen LogP contribution is -2.58. The standard InChI is InChI=1S/C34H34N2O7/c1-42-31(39)27(21-23-13-5-2-6-14-23)35-33(41)34(19-11-4-12-20-34)43-32(40)28(22-24-15-7-3-8-16-24)36-29(37)25-17-9-10-18-26(25)30(36)38/h2-3,5-10,13-18,27-28H,4,11-12,19-22H2,1H3,(H,35,41)/t27-,28+/m1/s1. The van der Waals surface area contributed by atoms with Crippen LogP contribution in [0.5, 0.6) is 0 Å². The van der Waals surface area contributed by atoms with Crippen molar-refractivity contribution in [3.05, 3.63) is 107 Å². The number of hydrogen-bond acceptors (Lipinski definition) is 7. The number of benzene rings is 3. The molecule has 0 aromatic heterocycles. The van der Waals surface area contributed by atoms with Gasteiger partial charge >= 0.3 is 11.9 Å². The highest BCUT2D eigenvalue weighted by Crippen LogP contribution is 2.34. The van der Waals surface area contributed by atoms with E-state index in [1.165, 1.54) is 7.11 Å². The summed E-state index contributed by atoms with van der Waals surface area (Å²) in [7, 11) is 1.25. The lowest BCUT2D eigenvalue weighted by molar-refractivity contribution is -0.176. The summed E-state index contributed by atoms with van der Waals surface area (Å²) in [6.45, 7) is 0. The Balaban J connectivity index is 1.43. The summed E-state index contributed by atoms with van der Waals surface area (Å²) in [4.78, 5) is 68.6. The van der Waals surface area contributed by atoms with E-state index in [0.29, 0.717) is 12.8 Å². The van der Waals surface area contributed by atoms with Crippen molar-refractivity contribution in [2.75, 3.05) is 7.11 Å². The maximum absolute atomic E-state index is 14.1. The van der Waals surface area contributed by atoms with Gasteiger partial charge in [0.15, 0.2) is 5.60 Å². The molecule has 1 saturated carbocycles. The van der Waals surface area contributed by atoms with Crippen LogP contribution in [0.15, 0.2) is 84.9 Å². The van der Waals surface area contributed by atoms with Gasteiger partial charge in [-0.1, -0.05) is 79.2 Å². The van der Waals surface area contributed by atoms with E-state index in [9.17, 15) is 24.0 Å². The Bertz CT molecular complexity index is 1460. The number of rotatable bonds is 10. The van der Waals surface area contributed by atoms with E-state index in [1.54, 1.807) is 48.5 Å². The summed E-state index contributed by atoms with van der Waals surface area (Å²) in [5.41, 5.74) is 0.389. The second kappa shape index (κ2) is 13.0. The number of amides is 3. The van der Waals surface area contributed by atoms with E-state index in [2.05, 4.69) is 5.32 Å². The van der Waals surface area contributed by atoms with Crippen LogP contribution in [0.4, 0.5) is 0 Å². The fraction of sp³-hybridized carbons (Fsp3) is 0.324. The number of carbonyl (C=O) groups excluding carboxylic acids is 5. The van der Waals surface area contributed by atoms with Gasteiger partial charge in [-0.25, -0.2) is 9.59 Å². The number of nitrogens with zero attached hydrogens (tertiary/aromatic N) is 1. The summed E-state index contributed by atoms with van der Waals surface area (Å²) in [6.07, 6.45) is 2.78. The van der Waals surface area contributed by atoms with Crippen molar-refractivity contribution in [1.29, 1.82) is 0 Å². The average molecular weight is 583 g/mol. The van der Waals surface area contributed by atoms with Crippen LogP contribution in [-0.4, -0.2) is 59.4 Å². The molecule has 0 spiro atoms. The largest absolute Gasteiger partial charge is 0.467 e. The van der Waals surface area contributed by atoms with Gasteiger partial charge in [0.25, 0.3) is 17.7 Å². The van der Waals surface area contributed by atoms with Crippen LogP contribution in [0, 0.1) is 0 Å². The maximum Gasteiger partial charge on any atom is 0.330 e. The molecule has 1 aliphatic heterocycles. The minimum absolute atomic E-state index is 0.0155.